The van der Waals surface area contributed by atoms with Crippen molar-refractivity contribution >= 4 is 11.8 Å². The van der Waals surface area contributed by atoms with E-state index in [-0.39, 0.29) is 25.3 Å². The molecular formula is C8H9F5N2O2. The molecule has 1 atom stereocenters. The Balaban J connectivity index is 2.58. The number of rotatable bonds is 2. The highest BCUT2D eigenvalue weighted by atomic mass is 19.4. The van der Waals surface area contributed by atoms with Crippen molar-refractivity contribution in [3.8, 4) is 0 Å². The maximum Gasteiger partial charge on any atom is 0.463 e. The molecule has 0 aromatic rings. The first-order chi connectivity index (χ1) is 7.64. The first kappa shape index (κ1) is 13.7. The van der Waals surface area contributed by atoms with Gasteiger partial charge in [-0.05, 0) is 6.42 Å². The molecule has 0 bridgehead atoms. The fraction of sp³-hybridized carbons (Fsp3) is 0.750. The molecule has 1 saturated heterocycles. The summed E-state index contributed by atoms with van der Waals surface area (Å²) in [5, 5.41) is 3.81. The standard InChI is InChI=1S/C8H9F5N2O2/c9-7(10,8(11,12)13)6(17)15-4-1-2-5(16)14-3-4/h4H,1-3H2,(H,14,16)(H,15,17). The van der Waals surface area contributed by atoms with Crippen LogP contribution in [0.15, 0.2) is 0 Å². The van der Waals surface area contributed by atoms with Gasteiger partial charge in [-0.3, -0.25) is 9.59 Å². The smallest absolute Gasteiger partial charge is 0.354 e. The number of halogens is 5. The average molecular weight is 260 g/mol. The Bertz CT molecular complexity index is 318. The fourth-order valence-corrected chi connectivity index (χ4v) is 1.26. The number of piperidine rings is 1. The van der Waals surface area contributed by atoms with Crippen molar-refractivity contribution in [3.05, 3.63) is 0 Å². The average Bonchev–Trinajstić information content (AvgIpc) is 2.19. The predicted octanol–water partition coefficient (Wildman–Crippen LogP) is 0.579. The van der Waals surface area contributed by atoms with E-state index in [0.717, 1.165) is 0 Å². The van der Waals surface area contributed by atoms with Gasteiger partial charge >= 0.3 is 18.0 Å². The SMILES string of the molecule is O=C1CCC(NC(=O)C(F)(F)C(F)(F)F)CN1. The molecule has 1 aliphatic rings. The number of amides is 2. The minimum Gasteiger partial charge on any atom is -0.354 e. The minimum atomic E-state index is -5.92. The number of carbonyl (C=O) groups is 2. The lowest BCUT2D eigenvalue weighted by Crippen LogP contribution is -2.56. The van der Waals surface area contributed by atoms with Crippen LogP contribution in [0.2, 0.25) is 0 Å². The number of carbonyl (C=O) groups excluding carboxylic acids is 2. The molecule has 0 saturated carbocycles. The van der Waals surface area contributed by atoms with Crippen molar-refractivity contribution in [2.24, 2.45) is 0 Å². The molecule has 2 N–H and O–H groups in total. The molecule has 1 heterocycles. The van der Waals surface area contributed by atoms with E-state index in [1.165, 1.54) is 0 Å². The summed E-state index contributed by atoms with van der Waals surface area (Å²) >= 11 is 0. The summed E-state index contributed by atoms with van der Waals surface area (Å²) in [5.41, 5.74) is 0. The third-order valence-electron chi connectivity index (χ3n) is 2.24. The second-order valence-corrected chi connectivity index (χ2v) is 3.59. The van der Waals surface area contributed by atoms with Gasteiger partial charge in [0.1, 0.15) is 0 Å². The monoisotopic (exact) mass is 260 g/mol. The molecule has 1 rings (SSSR count). The van der Waals surface area contributed by atoms with Crippen molar-refractivity contribution in [1.29, 1.82) is 0 Å². The summed E-state index contributed by atoms with van der Waals surface area (Å²) in [6.45, 7) is -0.154. The summed E-state index contributed by atoms with van der Waals surface area (Å²) in [6, 6.07) is -0.909. The van der Waals surface area contributed by atoms with Crippen LogP contribution in [0.1, 0.15) is 12.8 Å². The molecule has 9 heteroatoms. The van der Waals surface area contributed by atoms with Gasteiger partial charge in [-0.15, -0.1) is 0 Å². The normalized spacial score (nSPS) is 21.9. The van der Waals surface area contributed by atoms with E-state index < -0.39 is 24.0 Å². The zero-order chi connectivity index (χ0) is 13.3. The van der Waals surface area contributed by atoms with Crippen molar-refractivity contribution in [1.82, 2.24) is 10.6 Å². The van der Waals surface area contributed by atoms with E-state index in [4.69, 9.17) is 0 Å². The molecule has 1 fully saturated rings. The lowest BCUT2D eigenvalue weighted by molar-refractivity contribution is -0.270. The van der Waals surface area contributed by atoms with Crippen LogP contribution >= 0.6 is 0 Å². The Kier molecular flexibility index (Phi) is 3.58. The van der Waals surface area contributed by atoms with Gasteiger partial charge in [0.15, 0.2) is 0 Å². The molecule has 2 amide bonds. The molecule has 4 nitrogen and oxygen atoms in total. The van der Waals surface area contributed by atoms with Crippen LogP contribution in [0, 0.1) is 0 Å². The van der Waals surface area contributed by atoms with Crippen LogP contribution in [-0.2, 0) is 9.59 Å². The summed E-state index contributed by atoms with van der Waals surface area (Å²) in [7, 11) is 0. The van der Waals surface area contributed by atoms with Crippen LogP contribution in [0.25, 0.3) is 0 Å². The maximum atomic E-state index is 12.5. The Labute approximate surface area is 92.5 Å². The van der Waals surface area contributed by atoms with Crippen LogP contribution < -0.4 is 10.6 Å². The number of hydrogen-bond acceptors (Lipinski definition) is 2. The maximum absolute atomic E-state index is 12.5. The fourth-order valence-electron chi connectivity index (χ4n) is 1.26. The Hall–Kier alpha value is -1.41. The molecule has 0 radical (unpaired) electrons. The van der Waals surface area contributed by atoms with Gasteiger partial charge in [-0.2, -0.15) is 22.0 Å². The Morgan fingerprint density at radius 2 is 1.88 bits per heavy atom. The first-order valence-electron chi connectivity index (χ1n) is 4.67. The van der Waals surface area contributed by atoms with Gasteiger partial charge in [-0.1, -0.05) is 0 Å². The summed E-state index contributed by atoms with van der Waals surface area (Å²) < 4.78 is 60.5. The molecule has 1 unspecified atom stereocenters. The van der Waals surface area contributed by atoms with Crippen LogP contribution in [0.4, 0.5) is 22.0 Å². The number of hydrogen-bond donors (Lipinski definition) is 2. The molecule has 0 spiro atoms. The van der Waals surface area contributed by atoms with Crippen molar-refractivity contribution in [2.45, 2.75) is 31.0 Å². The predicted molar refractivity (Wildman–Crippen MR) is 45.2 cm³/mol. The zero-order valence-electron chi connectivity index (χ0n) is 8.40. The van der Waals surface area contributed by atoms with Gasteiger partial charge in [0, 0.05) is 19.0 Å². The summed E-state index contributed by atoms with van der Waals surface area (Å²) in [5.74, 6) is -8.15. The lowest BCUT2D eigenvalue weighted by atomic mass is 10.1. The highest BCUT2D eigenvalue weighted by Gasteiger charge is 2.63. The molecule has 98 valence electrons. The topological polar surface area (TPSA) is 58.2 Å². The van der Waals surface area contributed by atoms with Gasteiger partial charge < -0.3 is 10.6 Å². The zero-order valence-corrected chi connectivity index (χ0v) is 8.40. The van der Waals surface area contributed by atoms with Gasteiger partial charge in [0.2, 0.25) is 5.91 Å². The quantitative estimate of drug-likeness (QED) is 0.713. The van der Waals surface area contributed by atoms with Crippen LogP contribution in [0.5, 0.6) is 0 Å². The van der Waals surface area contributed by atoms with E-state index in [2.05, 4.69) is 5.32 Å². The molecule has 0 aromatic heterocycles. The summed E-state index contributed by atoms with van der Waals surface area (Å²) in [4.78, 5) is 21.5. The molecule has 0 aliphatic carbocycles. The Morgan fingerprint density at radius 3 is 2.29 bits per heavy atom. The minimum absolute atomic E-state index is 0.0253. The molecule has 17 heavy (non-hydrogen) atoms. The molecular weight excluding hydrogens is 251 g/mol. The van der Waals surface area contributed by atoms with E-state index in [9.17, 15) is 31.5 Å². The van der Waals surface area contributed by atoms with Crippen molar-refractivity contribution in [3.63, 3.8) is 0 Å². The second kappa shape index (κ2) is 4.46. The molecule has 1 aliphatic heterocycles. The first-order valence-corrected chi connectivity index (χ1v) is 4.67. The highest BCUT2D eigenvalue weighted by Crippen LogP contribution is 2.35. The molecule has 0 aromatic carbocycles. The van der Waals surface area contributed by atoms with Gasteiger partial charge in [0.05, 0.1) is 0 Å². The van der Waals surface area contributed by atoms with Crippen molar-refractivity contribution < 1.29 is 31.5 Å². The number of nitrogens with one attached hydrogen (secondary N) is 2. The van der Waals surface area contributed by atoms with E-state index in [0.29, 0.717) is 0 Å². The van der Waals surface area contributed by atoms with E-state index in [1.807, 2.05) is 0 Å². The van der Waals surface area contributed by atoms with E-state index >= 15 is 0 Å². The Morgan fingerprint density at radius 1 is 1.29 bits per heavy atom. The third kappa shape index (κ3) is 3.04. The van der Waals surface area contributed by atoms with E-state index in [1.54, 1.807) is 5.32 Å². The van der Waals surface area contributed by atoms with Gasteiger partial charge in [-0.25, -0.2) is 0 Å². The largest absolute Gasteiger partial charge is 0.463 e. The highest BCUT2D eigenvalue weighted by molar-refractivity contribution is 5.85. The number of alkyl halides is 5. The second-order valence-electron chi connectivity index (χ2n) is 3.59. The van der Waals surface area contributed by atoms with Crippen LogP contribution in [0.3, 0.4) is 0 Å². The van der Waals surface area contributed by atoms with Crippen molar-refractivity contribution in [2.75, 3.05) is 6.54 Å². The summed E-state index contributed by atoms with van der Waals surface area (Å²) in [6.07, 6.45) is -5.91. The third-order valence-corrected chi connectivity index (χ3v) is 2.24. The van der Waals surface area contributed by atoms with Gasteiger partial charge in [0.25, 0.3) is 0 Å². The van der Waals surface area contributed by atoms with Crippen LogP contribution in [-0.4, -0.2) is 36.5 Å². The lowest BCUT2D eigenvalue weighted by Gasteiger charge is -2.26.